The average molecular weight is 238 g/mol. The van der Waals surface area contributed by atoms with Gasteiger partial charge in [-0.25, -0.2) is 8.78 Å². The van der Waals surface area contributed by atoms with Gasteiger partial charge >= 0.3 is 0 Å². The summed E-state index contributed by atoms with van der Waals surface area (Å²) in [5.41, 5.74) is 0.293. The highest BCUT2D eigenvalue weighted by Crippen LogP contribution is 2.20. The summed E-state index contributed by atoms with van der Waals surface area (Å²) in [6, 6.07) is 5.88. The summed E-state index contributed by atoms with van der Waals surface area (Å²) in [5.74, 6) is -1.66. The van der Waals surface area contributed by atoms with Crippen LogP contribution in [-0.2, 0) is 0 Å². The van der Waals surface area contributed by atoms with Crippen LogP contribution >= 0.6 is 0 Å². The molecule has 0 aromatic heterocycles. The molecule has 2 atom stereocenters. The van der Waals surface area contributed by atoms with E-state index in [0.717, 1.165) is 12.5 Å². The molecular weight excluding hydrogens is 222 g/mol. The Balaban J connectivity index is 2.79. The van der Waals surface area contributed by atoms with Crippen LogP contribution in [0, 0.1) is 23.0 Å². The summed E-state index contributed by atoms with van der Waals surface area (Å²) in [6.45, 7) is 3.71. The highest BCUT2D eigenvalue weighted by Gasteiger charge is 2.16. The molecule has 0 radical (unpaired) electrons. The van der Waals surface area contributed by atoms with E-state index in [9.17, 15) is 8.78 Å². The first-order chi connectivity index (χ1) is 8.10. The minimum atomic E-state index is -0.843. The van der Waals surface area contributed by atoms with E-state index in [1.165, 1.54) is 6.07 Å². The van der Waals surface area contributed by atoms with Crippen molar-refractivity contribution >= 4 is 0 Å². The van der Waals surface area contributed by atoms with Gasteiger partial charge in [0.1, 0.15) is 0 Å². The lowest BCUT2D eigenvalue weighted by Gasteiger charge is -2.21. The van der Waals surface area contributed by atoms with Gasteiger partial charge in [-0.1, -0.05) is 19.1 Å². The van der Waals surface area contributed by atoms with Gasteiger partial charge in [0.25, 0.3) is 0 Å². The highest BCUT2D eigenvalue weighted by atomic mass is 19.2. The van der Waals surface area contributed by atoms with Crippen molar-refractivity contribution in [2.45, 2.75) is 38.8 Å². The third-order valence-electron chi connectivity index (χ3n) is 2.76. The van der Waals surface area contributed by atoms with Crippen LogP contribution in [0.5, 0.6) is 0 Å². The normalized spacial score (nSPS) is 14.1. The van der Waals surface area contributed by atoms with Crippen molar-refractivity contribution in [1.82, 2.24) is 5.32 Å². The van der Waals surface area contributed by atoms with E-state index in [4.69, 9.17) is 5.26 Å². The van der Waals surface area contributed by atoms with E-state index in [2.05, 4.69) is 11.4 Å². The minimum Gasteiger partial charge on any atom is -0.306 e. The Labute approximate surface area is 100 Å². The van der Waals surface area contributed by atoms with Gasteiger partial charge in [-0.05, 0) is 19.4 Å². The topological polar surface area (TPSA) is 35.8 Å². The Kier molecular flexibility index (Phi) is 5.05. The Morgan fingerprint density at radius 1 is 1.41 bits per heavy atom. The van der Waals surface area contributed by atoms with Gasteiger partial charge in [-0.15, -0.1) is 0 Å². The van der Waals surface area contributed by atoms with Gasteiger partial charge in [0.05, 0.1) is 12.5 Å². The molecule has 2 nitrogen and oxygen atoms in total. The van der Waals surface area contributed by atoms with Crippen molar-refractivity contribution in [2.75, 3.05) is 0 Å². The highest BCUT2D eigenvalue weighted by molar-refractivity contribution is 5.22. The zero-order valence-corrected chi connectivity index (χ0v) is 10.0. The molecule has 0 fully saturated rings. The van der Waals surface area contributed by atoms with E-state index in [0.29, 0.717) is 12.0 Å². The molecule has 0 aliphatic heterocycles. The molecule has 0 bridgehead atoms. The summed E-state index contributed by atoms with van der Waals surface area (Å²) >= 11 is 0. The molecule has 1 rings (SSSR count). The van der Waals surface area contributed by atoms with Crippen LogP contribution in [0.25, 0.3) is 0 Å². The lowest BCUT2D eigenvalue weighted by atomic mass is 10.0. The summed E-state index contributed by atoms with van der Waals surface area (Å²) < 4.78 is 26.6. The SMILES string of the molecule is CCC(CC#N)NC(C)c1cccc(F)c1F. The first-order valence-corrected chi connectivity index (χ1v) is 5.67. The zero-order chi connectivity index (χ0) is 12.8. The number of nitrogens with zero attached hydrogens (tertiary/aromatic N) is 1. The minimum absolute atomic E-state index is 0.00216. The number of nitriles is 1. The monoisotopic (exact) mass is 238 g/mol. The molecule has 0 spiro atoms. The van der Waals surface area contributed by atoms with Crippen molar-refractivity contribution in [3.8, 4) is 6.07 Å². The fraction of sp³-hybridized carbons (Fsp3) is 0.462. The van der Waals surface area contributed by atoms with Crippen LogP contribution in [0.1, 0.15) is 38.3 Å². The van der Waals surface area contributed by atoms with Crippen LogP contribution < -0.4 is 5.32 Å². The van der Waals surface area contributed by atoms with Crippen LogP contribution in [0.3, 0.4) is 0 Å². The lowest BCUT2D eigenvalue weighted by molar-refractivity contribution is 0.423. The third-order valence-corrected chi connectivity index (χ3v) is 2.76. The molecule has 0 aliphatic rings. The zero-order valence-electron chi connectivity index (χ0n) is 10.0. The van der Waals surface area contributed by atoms with Gasteiger partial charge in [-0.3, -0.25) is 0 Å². The number of nitrogens with one attached hydrogen (secondary N) is 1. The Morgan fingerprint density at radius 2 is 2.12 bits per heavy atom. The van der Waals surface area contributed by atoms with E-state index >= 15 is 0 Å². The smallest absolute Gasteiger partial charge is 0.163 e. The molecule has 1 aromatic rings. The first-order valence-electron chi connectivity index (χ1n) is 5.67. The standard InChI is InChI=1S/C13H16F2N2/c1-3-10(7-8-16)17-9(2)11-5-4-6-12(14)13(11)15/h4-6,9-10,17H,3,7H2,1-2H3. The quantitative estimate of drug-likeness (QED) is 0.854. The van der Waals surface area contributed by atoms with Crippen molar-refractivity contribution in [3.05, 3.63) is 35.4 Å². The summed E-state index contributed by atoms with van der Waals surface area (Å²) in [5, 5.41) is 11.7. The van der Waals surface area contributed by atoms with Gasteiger partial charge < -0.3 is 5.32 Å². The number of hydrogen-bond donors (Lipinski definition) is 1. The Morgan fingerprint density at radius 3 is 2.71 bits per heavy atom. The van der Waals surface area contributed by atoms with Crippen molar-refractivity contribution in [2.24, 2.45) is 0 Å². The molecule has 17 heavy (non-hydrogen) atoms. The predicted molar refractivity (Wildman–Crippen MR) is 62.2 cm³/mol. The van der Waals surface area contributed by atoms with Gasteiger partial charge in [-0.2, -0.15) is 5.26 Å². The molecule has 2 unspecified atom stereocenters. The summed E-state index contributed by atoms with van der Waals surface area (Å²) in [7, 11) is 0. The fourth-order valence-corrected chi connectivity index (χ4v) is 1.73. The van der Waals surface area contributed by atoms with Gasteiger partial charge in [0.15, 0.2) is 11.6 Å². The molecule has 1 N–H and O–H groups in total. The van der Waals surface area contributed by atoms with Gasteiger partial charge in [0.2, 0.25) is 0 Å². The maximum atomic E-state index is 13.5. The number of rotatable bonds is 5. The van der Waals surface area contributed by atoms with Crippen LogP contribution in [0.2, 0.25) is 0 Å². The molecule has 4 heteroatoms. The maximum Gasteiger partial charge on any atom is 0.163 e. The average Bonchev–Trinajstić information content (AvgIpc) is 2.31. The lowest BCUT2D eigenvalue weighted by Crippen LogP contribution is -2.31. The number of hydrogen-bond acceptors (Lipinski definition) is 2. The van der Waals surface area contributed by atoms with E-state index in [1.807, 2.05) is 6.92 Å². The van der Waals surface area contributed by atoms with E-state index in [1.54, 1.807) is 13.0 Å². The van der Waals surface area contributed by atoms with Crippen LogP contribution in [-0.4, -0.2) is 6.04 Å². The van der Waals surface area contributed by atoms with E-state index < -0.39 is 11.6 Å². The second kappa shape index (κ2) is 6.31. The largest absolute Gasteiger partial charge is 0.306 e. The van der Waals surface area contributed by atoms with Crippen LogP contribution in [0.15, 0.2) is 18.2 Å². The van der Waals surface area contributed by atoms with E-state index in [-0.39, 0.29) is 12.1 Å². The molecule has 0 saturated carbocycles. The van der Waals surface area contributed by atoms with Crippen molar-refractivity contribution in [1.29, 1.82) is 5.26 Å². The summed E-state index contributed by atoms with van der Waals surface area (Å²) in [6.07, 6.45) is 1.13. The fourth-order valence-electron chi connectivity index (χ4n) is 1.73. The molecule has 0 amide bonds. The molecule has 0 aliphatic carbocycles. The van der Waals surface area contributed by atoms with Crippen LogP contribution in [0.4, 0.5) is 8.78 Å². The Hall–Kier alpha value is -1.47. The molecule has 0 heterocycles. The number of benzene rings is 1. The summed E-state index contributed by atoms with van der Waals surface area (Å²) in [4.78, 5) is 0. The predicted octanol–water partition coefficient (Wildman–Crippen LogP) is 3.31. The molecule has 1 aromatic carbocycles. The van der Waals surface area contributed by atoms with Gasteiger partial charge in [0, 0.05) is 17.6 Å². The second-order valence-electron chi connectivity index (χ2n) is 4.00. The van der Waals surface area contributed by atoms with Crippen molar-refractivity contribution in [3.63, 3.8) is 0 Å². The second-order valence-corrected chi connectivity index (χ2v) is 4.00. The third kappa shape index (κ3) is 3.50. The molecule has 92 valence electrons. The number of halogens is 2. The molecular formula is C13H16F2N2. The first kappa shape index (κ1) is 13.6. The molecule has 0 saturated heterocycles. The maximum absolute atomic E-state index is 13.5. The Bertz CT molecular complexity index is 412. The van der Waals surface area contributed by atoms with Crippen molar-refractivity contribution < 1.29 is 8.78 Å².